The molecular weight excluding hydrogens is 332 g/mol. The van der Waals surface area contributed by atoms with Gasteiger partial charge in [-0.2, -0.15) is 0 Å². The highest BCUT2D eigenvalue weighted by Crippen LogP contribution is 2.18. The van der Waals surface area contributed by atoms with Crippen LogP contribution in [0.25, 0.3) is 0 Å². The lowest BCUT2D eigenvalue weighted by atomic mass is 10.00. The van der Waals surface area contributed by atoms with E-state index in [1.165, 1.54) is 11.1 Å². The predicted octanol–water partition coefficient (Wildman–Crippen LogP) is 0.758. The Balaban J connectivity index is 1.34. The summed E-state index contributed by atoms with van der Waals surface area (Å²) in [7, 11) is 0. The molecule has 1 aromatic rings. The summed E-state index contributed by atoms with van der Waals surface area (Å²) in [5.74, 6) is 0. The maximum Gasteiger partial charge on any atom is 0.150 e. The zero-order valence-electron chi connectivity index (χ0n) is 15.3. The molecule has 3 atom stereocenters. The molecule has 0 saturated carbocycles. The lowest BCUT2D eigenvalue weighted by Crippen LogP contribution is -2.43. The number of fused-ring (bicyclic) bond motifs is 1. The molecule has 1 aromatic carbocycles. The van der Waals surface area contributed by atoms with Gasteiger partial charge < -0.3 is 24.7 Å². The number of hydrogen-bond donors (Lipinski definition) is 2. The second kappa shape index (κ2) is 10.1. The summed E-state index contributed by atoms with van der Waals surface area (Å²) in [5, 5.41) is 13.5. The van der Waals surface area contributed by atoms with Crippen molar-refractivity contribution < 1.29 is 19.4 Å². The van der Waals surface area contributed by atoms with Gasteiger partial charge in [0.25, 0.3) is 0 Å². The number of rotatable bonds is 9. The quantitative estimate of drug-likeness (QED) is 0.632. The molecule has 2 N–H and O–H groups in total. The van der Waals surface area contributed by atoms with Crippen molar-refractivity contribution in [2.24, 2.45) is 0 Å². The van der Waals surface area contributed by atoms with E-state index >= 15 is 0 Å². The van der Waals surface area contributed by atoms with Crippen molar-refractivity contribution in [2.75, 3.05) is 39.4 Å². The molecule has 3 unspecified atom stereocenters. The van der Waals surface area contributed by atoms with Gasteiger partial charge in [0.1, 0.15) is 12.4 Å². The van der Waals surface area contributed by atoms with Crippen LogP contribution in [0.5, 0.6) is 0 Å². The van der Waals surface area contributed by atoms with E-state index in [9.17, 15) is 9.90 Å². The number of nitrogens with zero attached hydrogens (tertiary/aromatic N) is 1. The zero-order chi connectivity index (χ0) is 18.2. The summed E-state index contributed by atoms with van der Waals surface area (Å²) in [6.07, 6.45) is 2.81. The first-order valence-electron chi connectivity index (χ1n) is 9.61. The minimum absolute atomic E-state index is 0.000841. The molecule has 144 valence electrons. The van der Waals surface area contributed by atoms with Gasteiger partial charge >= 0.3 is 0 Å². The Labute approximate surface area is 155 Å². The van der Waals surface area contributed by atoms with Gasteiger partial charge in [-0.15, -0.1) is 0 Å². The minimum Gasteiger partial charge on any atom is -0.390 e. The van der Waals surface area contributed by atoms with Gasteiger partial charge in [0, 0.05) is 39.3 Å². The van der Waals surface area contributed by atoms with Gasteiger partial charge in [-0.3, -0.25) is 4.90 Å². The molecular formula is C20H30N2O4. The van der Waals surface area contributed by atoms with Gasteiger partial charge in [-0.05, 0) is 30.4 Å². The molecule has 6 nitrogen and oxygen atoms in total. The van der Waals surface area contributed by atoms with Crippen molar-refractivity contribution in [1.82, 2.24) is 10.2 Å². The Bertz CT molecular complexity index is 562. The van der Waals surface area contributed by atoms with Crippen molar-refractivity contribution in [3.63, 3.8) is 0 Å². The number of hydrogen-bond acceptors (Lipinski definition) is 6. The van der Waals surface area contributed by atoms with Crippen LogP contribution in [0.3, 0.4) is 0 Å². The highest BCUT2D eigenvalue weighted by atomic mass is 16.5. The third-order valence-corrected chi connectivity index (χ3v) is 5.04. The summed E-state index contributed by atoms with van der Waals surface area (Å²) in [5.41, 5.74) is 2.76. The van der Waals surface area contributed by atoms with Gasteiger partial charge in [0.2, 0.25) is 0 Å². The summed E-state index contributed by atoms with van der Waals surface area (Å²) in [4.78, 5) is 13.5. The normalized spacial score (nSPS) is 23.2. The minimum atomic E-state index is -0.490. The average Bonchev–Trinajstić information content (AvgIpc) is 2.68. The van der Waals surface area contributed by atoms with Crippen LogP contribution in [0.1, 0.15) is 24.0 Å². The molecule has 2 heterocycles. The lowest BCUT2D eigenvalue weighted by Gasteiger charge is -2.30. The number of nitrogens with one attached hydrogen (secondary N) is 1. The third-order valence-electron chi connectivity index (χ3n) is 5.04. The van der Waals surface area contributed by atoms with E-state index in [1.54, 1.807) is 0 Å². The number of benzene rings is 1. The molecule has 2 aliphatic rings. The van der Waals surface area contributed by atoms with Gasteiger partial charge in [0.05, 0.1) is 18.8 Å². The van der Waals surface area contributed by atoms with Crippen LogP contribution in [0.2, 0.25) is 0 Å². The predicted molar refractivity (Wildman–Crippen MR) is 99.1 cm³/mol. The number of aliphatic hydroxyl groups excluding tert-OH is 1. The molecule has 6 heteroatoms. The molecule has 1 saturated heterocycles. The zero-order valence-corrected chi connectivity index (χ0v) is 15.3. The topological polar surface area (TPSA) is 71.0 Å². The SMILES string of the molecule is O=CC(CNCC(O)CN1CCc2ccccc2C1)OC1CCCOC1. The Morgan fingerprint density at radius 3 is 2.96 bits per heavy atom. The van der Waals surface area contributed by atoms with Crippen LogP contribution >= 0.6 is 0 Å². The van der Waals surface area contributed by atoms with Crippen LogP contribution < -0.4 is 5.32 Å². The number of carbonyl (C=O) groups excluding carboxylic acids is 1. The number of ether oxygens (including phenoxy) is 2. The molecule has 2 aliphatic heterocycles. The third kappa shape index (κ3) is 5.86. The molecule has 0 radical (unpaired) electrons. The second-order valence-corrected chi connectivity index (χ2v) is 7.22. The van der Waals surface area contributed by atoms with E-state index in [-0.39, 0.29) is 6.10 Å². The van der Waals surface area contributed by atoms with Crippen LogP contribution in [-0.4, -0.2) is 74.0 Å². The Morgan fingerprint density at radius 1 is 1.35 bits per heavy atom. The van der Waals surface area contributed by atoms with Crippen LogP contribution in [0.4, 0.5) is 0 Å². The van der Waals surface area contributed by atoms with Gasteiger partial charge in [-0.1, -0.05) is 24.3 Å². The van der Waals surface area contributed by atoms with E-state index in [2.05, 4.69) is 34.5 Å². The Morgan fingerprint density at radius 2 is 2.19 bits per heavy atom. The number of aldehydes is 1. The van der Waals surface area contributed by atoms with Crippen molar-refractivity contribution in [1.29, 1.82) is 0 Å². The van der Waals surface area contributed by atoms with Crippen molar-refractivity contribution in [2.45, 2.75) is 44.1 Å². The fourth-order valence-corrected chi connectivity index (χ4v) is 3.66. The summed E-state index contributed by atoms with van der Waals surface area (Å²) in [6, 6.07) is 8.49. The monoisotopic (exact) mass is 362 g/mol. The first-order chi connectivity index (χ1) is 12.7. The fourth-order valence-electron chi connectivity index (χ4n) is 3.66. The summed E-state index contributed by atoms with van der Waals surface area (Å²) >= 11 is 0. The Kier molecular flexibility index (Phi) is 7.58. The largest absolute Gasteiger partial charge is 0.390 e. The maximum absolute atomic E-state index is 11.2. The first-order valence-corrected chi connectivity index (χ1v) is 9.61. The molecule has 0 aliphatic carbocycles. The fraction of sp³-hybridized carbons (Fsp3) is 0.650. The van der Waals surface area contributed by atoms with E-state index in [0.29, 0.717) is 26.2 Å². The van der Waals surface area contributed by atoms with Gasteiger partial charge in [0.15, 0.2) is 0 Å². The van der Waals surface area contributed by atoms with Crippen molar-refractivity contribution in [3.05, 3.63) is 35.4 Å². The molecule has 0 amide bonds. The summed E-state index contributed by atoms with van der Waals surface area (Å²) in [6.45, 7) is 4.68. The number of aliphatic hydroxyl groups is 1. The molecule has 0 bridgehead atoms. The number of β-amino-alcohol motifs (C(OH)–C–C–N with tert-alkyl or cyclic N) is 1. The maximum atomic E-state index is 11.2. The van der Waals surface area contributed by atoms with E-state index < -0.39 is 12.2 Å². The molecule has 3 rings (SSSR count). The highest BCUT2D eigenvalue weighted by molar-refractivity contribution is 5.56. The molecule has 0 spiro atoms. The summed E-state index contributed by atoms with van der Waals surface area (Å²) < 4.78 is 11.1. The smallest absolute Gasteiger partial charge is 0.150 e. The molecule has 1 fully saturated rings. The highest BCUT2D eigenvalue weighted by Gasteiger charge is 2.21. The van der Waals surface area contributed by atoms with Crippen molar-refractivity contribution in [3.8, 4) is 0 Å². The number of carbonyl (C=O) groups is 1. The van der Waals surface area contributed by atoms with Crippen LogP contribution in [-0.2, 0) is 27.2 Å². The first kappa shape index (κ1) is 19.5. The average molecular weight is 362 g/mol. The molecule has 0 aromatic heterocycles. The molecule has 26 heavy (non-hydrogen) atoms. The Hall–Kier alpha value is -1.31. The lowest BCUT2D eigenvalue weighted by molar-refractivity contribution is -0.128. The standard InChI is InChI=1S/C20H30N2O4/c23-14-20(26-19-6-3-9-25-15-19)11-21-10-18(24)13-22-8-7-16-4-1-2-5-17(16)12-22/h1-2,4-5,14,18-21,24H,3,6-13,15H2. The van der Waals surface area contributed by atoms with E-state index in [4.69, 9.17) is 9.47 Å². The van der Waals surface area contributed by atoms with Crippen molar-refractivity contribution >= 4 is 6.29 Å². The van der Waals surface area contributed by atoms with Crippen LogP contribution in [0.15, 0.2) is 24.3 Å². The van der Waals surface area contributed by atoms with E-state index in [0.717, 1.165) is 45.2 Å². The van der Waals surface area contributed by atoms with E-state index in [1.807, 2.05) is 0 Å². The second-order valence-electron chi connectivity index (χ2n) is 7.22. The van der Waals surface area contributed by atoms with Gasteiger partial charge in [-0.25, -0.2) is 0 Å². The van der Waals surface area contributed by atoms with Crippen LogP contribution in [0, 0.1) is 0 Å².